The van der Waals surface area contributed by atoms with Gasteiger partial charge in [-0.05, 0) is 42.7 Å². The van der Waals surface area contributed by atoms with Crippen LogP contribution in [0.25, 0.3) is 0 Å². The Morgan fingerprint density at radius 2 is 1.77 bits per heavy atom. The number of ether oxygens (including phenoxy) is 1. The van der Waals surface area contributed by atoms with E-state index in [9.17, 15) is 4.79 Å². The van der Waals surface area contributed by atoms with Gasteiger partial charge in [0.1, 0.15) is 5.75 Å². The number of likely N-dealkylation sites (N-methyl/N-ethyl adjacent to an activating group) is 1. The van der Waals surface area contributed by atoms with Gasteiger partial charge in [-0.25, -0.2) is 0 Å². The zero-order chi connectivity index (χ0) is 16.1. The van der Waals surface area contributed by atoms with Crippen molar-refractivity contribution in [1.82, 2.24) is 4.90 Å². The largest absolute Gasteiger partial charge is 0.483 e. The molecule has 1 amide bonds. The average Bonchev–Trinajstić information content (AvgIpc) is 2.46. The third kappa shape index (κ3) is 4.25. The molecule has 0 aliphatic carbocycles. The maximum Gasteiger partial charge on any atom is 0.260 e. The van der Waals surface area contributed by atoms with Crippen LogP contribution in [-0.2, 0) is 11.3 Å². The summed E-state index contributed by atoms with van der Waals surface area (Å²) >= 11 is 5.96. The molecule has 0 radical (unpaired) electrons. The van der Waals surface area contributed by atoms with Crippen LogP contribution in [0.4, 0.5) is 0 Å². The average molecular weight is 318 g/mol. The summed E-state index contributed by atoms with van der Waals surface area (Å²) in [5, 5.41) is 0.671. The Kier molecular flexibility index (Phi) is 5.45. The van der Waals surface area contributed by atoms with E-state index in [4.69, 9.17) is 16.3 Å². The molecule has 0 unspecified atom stereocenters. The molecule has 0 bridgehead atoms. The standard InChI is InChI=1S/C18H20ClNO2/c1-13-6-4-7-14(2)18(13)22-12-17(21)20(3)11-15-8-5-9-16(19)10-15/h4-10H,11-12H2,1-3H3. The van der Waals surface area contributed by atoms with Crippen LogP contribution in [0.3, 0.4) is 0 Å². The van der Waals surface area contributed by atoms with Crippen molar-refractivity contribution in [3.05, 3.63) is 64.2 Å². The van der Waals surface area contributed by atoms with E-state index in [0.29, 0.717) is 11.6 Å². The first-order valence-electron chi connectivity index (χ1n) is 7.15. The summed E-state index contributed by atoms with van der Waals surface area (Å²) in [5.74, 6) is 0.717. The van der Waals surface area contributed by atoms with Gasteiger partial charge in [-0.1, -0.05) is 41.9 Å². The predicted octanol–water partition coefficient (Wildman–Crippen LogP) is 3.99. The van der Waals surface area contributed by atoms with Crippen LogP contribution in [0.15, 0.2) is 42.5 Å². The quantitative estimate of drug-likeness (QED) is 0.834. The number of nitrogens with zero attached hydrogens (tertiary/aromatic N) is 1. The van der Waals surface area contributed by atoms with E-state index in [1.54, 1.807) is 11.9 Å². The normalized spacial score (nSPS) is 10.4. The Bertz CT molecular complexity index is 650. The fourth-order valence-corrected chi connectivity index (χ4v) is 2.48. The number of para-hydroxylation sites is 1. The summed E-state index contributed by atoms with van der Waals surface area (Å²) < 4.78 is 5.69. The molecule has 0 aromatic heterocycles. The molecule has 2 rings (SSSR count). The van der Waals surface area contributed by atoms with E-state index in [1.807, 2.05) is 56.3 Å². The molecule has 2 aromatic carbocycles. The number of amides is 1. The molecule has 0 spiro atoms. The maximum atomic E-state index is 12.2. The van der Waals surface area contributed by atoms with Crippen molar-refractivity contribution < 1.29 is 9.53 Å². The summed E-state index contributed by atoms with van der Waals surface area (Å²) in [6.07, 6.45) is 0. The van der Waals surface area contributed by atoms with Gasteiger partial charge in [0.25, 0.3) is 5.91 Å². The summed E-state index contributed by atoms with van der Waals surface area (Å²) in [6, 6.07) is 13.4. The first kappa shape index (κ1) is 16.4. The smallest absolute Gasteiger partial charge is 0.260 e. The molecule has 0 fully saturated rings. The van der Waals surface area contributed by atoms with Gasteiger partial charge in [0.15, 0.2) is 6.61 Å². The Hall–Kier alpha value is -2.00. The minimum absolute atomic E-state index is 0.0305. The van der Waals surface area contributed by atoms with Crippen LogP contribution >= 0.6 is 11.6 Å². The third-order valence-corrected chi connectivity index (χ3v) is 3.72. The van der Waals surface area contributed by atoms with Crippen LogP contribution in [0.1, 0.15) is 16.7 Å². The van der Waals surface area contributed by atoms with Crippen molar-refractivity contribution in [3.8, 4) is 5.75 Å². The minimum Gasteiger partial charge on any atom is -0.483 e. The number of hydrogen-bond acceptors (Lipinski definition) is 2. The highest BCUT2D eigenvalue weighted by atomic mass is 35.5. The second kappa shape index (κ2) is 7.32. The zero-order valence-corrected chi connectivity index (χ0v) is 13.9. The Balaban J connectivity index is 1.94. The lowest BCUT2D eigenvalue weighted by atomic mass is 10.1. The molecule has 0 atom stereocenters. The minimum atomic E-state index is -0.0670. The van der Waals surface area contributed by atoms with Gasteiger partial charge in [0, 0.05) is 18.6 Å². The highest BCUT2D eigenvalue weighted by molar-refractivity contribution is 6.30. The molecule has 116 valence electrons. The van der Waals surface area contributed by atoms with Gasteiger partial charge < -0.3 is 9.64 Å². The van der Waals surface area contributed by atoms with E-state index in [-0.39, 0.29) is 12.5 Å². The zero-order valence-electron chi connectivity index (χ0n) is 13.1. The topological polar surface area (TPSA) is 29.5 Å². The fourth-order valence-electron chi connectivity index (χ4n) is 2.27. The van der Waals surface area contributed by atoms with Gasteiger partial charge >= 0.3 is 0 Å². The second-order valence-electron chi connectivity index (χ2n) is 5.39. The molecular weight excluding hydrogens is 298 g/mol. The molecule has 0 N–H and O–H groups in total. The predicted molar refractivity (Wildman–Crippen MR) is 89.3 cm³/mol. The number of halogens is 1. The molecule has 22 heavy (non-hydrogen) atoms. The Morgan fingerprint density at radius 3 is 2.41 bits per heavy atom. The van der Waals surface area contributed by atoms with Crippen LogP contribution in [-0.4, -0.2) is 24.5 Å². The van der Waals surface area contributed by atoms with Crippen LogP contribution in [0.5, 0.6) is 5.75 Å². The maximum absolute atomic E-state index is 12.2. The molecule has 0 heterocycles. The van der Waals surface area contributed by atoms with Crippen molar-refractivity contribution in [2.75, 3.05) is 13.7 Å². The van der Waals surface area contributed by atoms with Gasteiger partial charge in [-0.2, -0.15) is 0 Å². The number of carbonyl (C=O) groups is 1. The SMILES string of the molecule is Cc1cccc(C)c1OCC(=O)N(C)Cc1cccc(Cl)c1. The van der Waals surface area contributed by atoms with Gasteiger partial charge in [0.2, 0.25) is 0 Å². The van der Waals surface area contributed by atoms with Gasteiger partial charge in [-0.3, -0.25) is 4.79 Å². The number of rotatable bonds is 5. The van der Waals surface area contributed by atoms with E-state index in [2.05, 4.69) is 0 Å². The Labute approximate surface area is 136 Å². The molecule has 0 aliphatic heterocycles. The van der Waals surface area contributed by atoms with Crippen LogP contribution in [0, 0.1) is 13.8 Å². The van der Waals surface area contributed by atoms with Crippen molar-refractivity contribution in [3.63, 3.8) is 0 Å². The van der Waals surface area contributed by atoms with E-state index in [1.165, 1.54) is 0 Å². The fraction of sp³-hybridized carbons (Fsp3) is 0.278. The molecule has 0 saturated heterocycles. The highest BCUT2D eigenvalue weighted by Crippen LogP contribution is 2.22. The van der Waals surface area contributed by atoms with E-state index in [0.717, 1.165) is 22.4 Å². The first-order chi connectivity index (χ1) is 10.5. The van der Waals surface area contributed by atoms with Gasteiger partial charge in [0.05, 0.1) is 0 Å². The summed E-state index contributed by atoms with van der Waals surface area (Å²) in [6.45, 7) is 4.49. The van der Waals surface area contributed by atoms with Crippen molar-refractivity contribution in [2.24, 2.45) is 0 Å². The van der Waals surface area contributed by atoms with Crippen molar-refractivity contribution >= 4 is 17.5 Å². The van der Waals surface area contributed by atoms with Crippen molar-refractivity contribution in [2.45, 2.75) is 20.4 Å². The van der Waals surface area contributed by atoms with E-state index >= 15 is 0 Å². The monoisotopic (exact) mass is 317 g/mol. The Morgan fingerprint density at radius 1 is 1.14 bits per heavy atom. The number of aryl methyl sites for hydroxylation is 2. The highest BCUT2D eigenvalue weighted by Gasteiger charge is 2.12. The summed E-state index contributed by atoms with van der Waals surface area (Å²) in [4.78, 5) is 13.8. The molecule has 2 aromatic rings. The molecular formula is C18H20ClNO2. The first-order valence-corrected chi connectivity index (χ1v) is 7.52. The second-order valence-corrected chi connectivity index (χ2v) is 5.83. The van der Waals surface area contributed by atoms with Crippen LogP contribution < -0.4 is 4.74 Å². The molecule has 0 saturated carbocycles. The number of hydrogen-bond donors (Lipinski definition) is 0. The lowest BCUT2D eigenvalue weighted by molar-refractivity contribution is -0.132. The van der Waals surface area contributed by atoms with Crippen LogP contribution in [0.2, 0.25) is 5.02 Å². The molecule has 0 aliphatic rings. The lowest BCUT2D eigenvalue weighted by Crippen LogP contribution is -2.31. The van der Waals surface area contributed by atoms with E-state index < -0.39 is 0 Å². The summed E-state index contributed by atoms with van der Waals surface area (Å²) in [5.41, 5.74) is 3.06. The number of carbonyl (C=O) groups excluding carboxylic acids is 1. The third-order valence-electron chi connectivity index (χ3n) is 3.48. The summed E-state index contributed by atoms with van der Waals surface area (Å²) in [7, 11) is 1.76. The number of benzene rings is 2. The van der Waals surface area contributed by atoms with Gasteiger partial charge in [-0.15, -0.1) is 0 Å². The lowest BCUT2D eigenvalue weighted by Gasteiger charge is -2.19. The molecule has 3 nitrogen and oxygen atoms in total. The molecule has 4 heteroatoms. The van der Waals surface area contributed by atoms with Crippen molar-refractivity contribution in [1.29, 1.82) is 0 Å².